The molecule has 5 nitrogen and oxygen atoms in total. The molecule has 1 N–H and O–H groups in total. The summed E-state index contributed by atoms with van der Waals surface area (Å²) in [6.45, 7) is -0.259. The number of aromatic amines is 1. The molecule has 3 heterocycles. The average molecular weight is 284 g/mol. The van der Waals surface area contributed by atoms with Crippen LogP contribution < -0.4 is 4.90 Å². The Morgan fingerprint density at radius 2 is 2.32 bits per heavy atom. The van der Waals surface area contributed by atoms with Gasteiger partial charge in [0.2, 0.25) is 0 Å². The van der Waals surface area contributed by atoms with Gasteiger partial charge in [0.25, 0.3) is 5.92 Å². The van der Waals surface area contributed by atoms with Gasteiger partial charge in [0, 0.05) is 13.0 Å². The maximum absolute atomic E-state index is 13.3. The molecule has 0 spiro atoms. The number of hydrogen-bond donors (Lipinski definition) is 1. The molecule has 0 atom stereocenters. The van der Waals surface area contributed by atoms with Gasteiger partial charge in [-0.3, -0.25) is 5.10 Å². The zero-order valence-electron chi connectivity index (χ0n) is 9.62. The van der Waals surface area contributed by atoms with Crippen LogP contribution in [-0.4, -0.2) is 34.2 Å². The number of nitrogens with zero attached hydrogens (tertiary/aromatic N) is 4. The number of pyridine rings is 1. The van der Waals surface area contributed by atoms with Crippen molar-refractivity contribution in [1.29, 1.82) is 5.26 Å². The maximum atomic E-state index is 13.3. The van der Waals surface area contributed by atoms with Crippen molar-refractivity contribution in [1.82, 2.24) is 15.2 Å². The fourth-order valence-corrected chi connectivity index (χ4v) is 2.49. The molecule has 3 rings (SSSR count). The number of nitriles is 1. The monoisotopic (exact) mass is 283 g/mol. The molecule has 0 unspecified atom stereocenters. The van der Waals surface area contributed by atoms with Gasteiger partial charge in [0.1, 0.15) is 11.6 Å². The largest absolute Gasteiger partial charge is 0.363 e. The molecule has 0 aromatic carbocycles. The van der Waals surface area contributed by atoms with Crippen LogP contribution in [0.1, 0.15) is 12.0 Å². The highest BCUT2D eigenvalue weighted by Crippen LogP contribution is 2.38. The number of fused-ring (bicyclic) bond motifs is 1. The second kappa shape index (κ2) is 4.03. The number of halogens is 3. The second-order valence-corrected chi connectivity index (χ2v) is 4.76. The van der Waals surface area contributed by atoms with E-state index in [-0.39, 0.29) is 23.7 Å². The smallest absolute Gasteiger partial charge is 0.266 e. The van der Waals surface area contributed by atoms with E-state index in [1.807, 2.05) is 6.07 Å². The lowest BCUT2D eigenvalue weighted by molar-refractivity contribution is 0.0257. The minimum atomic E-state index is -2.75. The highest BCUT2D eigenvalue weighted by molar-refractivity contribution is 6.31. The van der Waals surface area contributed by atoms with E-state index in [1.165, 1.54) is 11.1 Å². The summed E-state index contributed by atoms with van der Waals surface area (Å²) >= 11 is 5.92. The Morgan fingerprint density at radius 3 is 2.95 bits per heavy atom. The lowest BCUT2D eigenvalue weighted by atomic mass is 10.2. The lowest BCUT2D eigenvalue weighted by Crippen LogP contribution is -2.25. The third-order valence-corrected chi connectivity index (χ3v) is 3.40. The number of aromatic nitrogens is 3. The van der Waals surface area contributed by atoms with Crippen LogP contribution in [0.3, 0.4) is 0 Å². The number of alkyl halides is 2. The van der Waals surface area contributed by atoms with Gasteiger partial charge in [-0.25, -0.2) is 13.8 Å². The molecule has 1 aliphatic heterocycles. The van der Waals surface area contributed by atoms with Crippen LogP contribution in [-0.2, 0) is 0 Å². The Labute approximate surface area is 111 Å². The third kappa shape index (κ3) is 1.88. The van der Waals surface area contributed by atoms with E-state index >= 15 is 0 Å². The molecule has 0 radical (unpaired) electrons. The average Bonchev–Trinajstić information content (AvgIpc) is 2.93. The first-order chi connectivity index (χ1) is 9.02. The first-order valence-corrected chi connectivity index (χ1v) is 5.95. The van der Waals surface area contributed by atoms with E-state index in [0.29, 0.717) is 16.7 Å². The summed E-state index contributed by atoms with van der Waals surface area (Å²) < 4.78 is 26.7. The molecule has 19 heavy (non-hydrogen) atoms. The highest BCUT2D eigenvalue weighted by Gasteiger charge is 2.40. The van der Waals surface area contributed by atoms with Gasteiger partial charge in [0.05, 0.1) is 23.8 Å². The highest BCUT2D eigenvalue weighted by atomic mass is 35.5. The van der Waals surface area contributed by atoms with Gasteiger partial charge in [-0.05, 0) is 0 Å². The zero-order chi connectivity index (χ0) is 13.6. The van der Waals surface area contributed by atoms with Crippen molar-refractivity contribution in [2.45, 2.75) is 12.3 Å². The fraction of sp³-hybridized carbons (Fsp3) is 0.364. The number of anilines is 1. The van der Waals surface area contributed by atoms with Gasteiger partial charge < -0.3 is 4.90 Å². The van der Waals surface area contributed by atoms with Gasteiger partial charge >= 0.3 is 0 Å². The summed E-state index contributed by atoms with van der Waals surface area (Å²) in [5, 5.41) is 16.1. The minimum absolute atomic E-state index is 0.00975. The number of hydrogen-bond acceptors (Lipinski definition) is 4. The van der Waals surface area contributed by atoms with Crippen LogP contribution in [0.4, 0.5) is 14.5 Å². The fourth-order valence-electron chi connectivity index (χ4n) is 2.28. The molecule has 2 aromatic heterocycles. The van der Waals surface area contributed by atoms with Crippen molar-refractivity contribution in [2.75, 3.05) is 18.0 Å². The zero-order valence-corrected chi connectivity index (χ0v) is 10.4. The van der Waals surface area contributed by atoms with E-state index in [4.69, 9.17) is 16.9 Å². The SMILES string of the molecule is N#Cc1c(Cl)nc2[nH]ncc2c1N1CCC(F)(F)C1. The molecular formula is C11H8ClF2N5. The number of H-pyrrole nitrogens is 1. The van der Waals surface area contributed by atoms with E-state index < -0.39 is 12.5 Å². The summed E-state index contributed by atoms with van der Waals surface area (Å²) in [6, 6.07) is 1.93. The Hall–Kier alpha value is -1.94. The van der Waals surface area contributed by atoms with Crippen LogP contribution in [0.25, 0.3) is 11.0 Å². The van der Waals surface area contributed by atoms with Crippen molar-refractivity contribution in [3.05, 3.63) is 16.9 Å². The molecule has 0 amide bonds. The standard InChI is InChI=1S/C11H8ClF2N5/c12-9-6(3-15)8(7-4-16-18-10(7)17-9)19-2-1-11(13,14)5-19/h4H,1-2,5H2,(H,16,17,18). The Kier molecular flexibility index (Phi) is 2.57. The van der Waals surface area contributed by atoms with Crippen LogP contribution in [0.15, 0.2) is 6.20 Å². The van der Waals surface area contributed by atoms with Gasteiger partial charge in [0.15, 0.2) is 10.8 Å². The summed E-state index contributed by atoms with van der Waals surface area (Å²) in [6.07, 6.45) is 1.22. The van der Waals surface area contributed by atoms with Crippen LogP contribution in [0, 0.1) is 11.3 Å². The van der Waals surface area contributed by atoms with E-state index in [9.17, 15) is 8.78 Å². The topological polar surface area (TPSA) is 68.6 Å². The molecule has 8 heteroatoms. The van der Waals surface area contributed by atoms with Gasteiger partial charge in [-0.2, -0.15) is 10.4 Å². The summed E-state index contributed by atoms with van der Waals surface area (Å²) in [5.41, 5.74) is 0.867. The Balaban J connectivity index is 2.21. The summed E-state index contributed by atoms with van der Waals surface area (Å²) in [5.74, 6) is -2.75. The van der Waals surface area contributed by atoms with E-state index in [1.54, 1.807) is 0 Å². The molecule has 0 saturated carbocycles. The maximum Gasteiger partial charge on any atom is 0.266 e. The quantitative estimate of drug-likeness (QED) is 0.816. The van der Waals surface area contributed by atoms with Crippen LogP contribution >= 0.6 is 11.6 Å². The predicted octanol–water partition coefficient (Wildman–Crippen LogP) is 2.33. The number of nitrogens with one attached hydrogen (secondary N) is 1. The van der Waals surface area contributed by atoms with Crippen LogP contribution in [0.5, 0.6) is 0 Å². The van der Waals surface area contributed by atoms with Crippen molar-refractivity contribution in [3.63, 3.8) is 0 Å². The second-order valence-electron chi connectivity index (χ2n) is 4.40. The van der Waals surface area contributed by atoms with E-state index in [0.717, 1.165) is 0 Å². The van der Waals surface area contributed by atoms with Crippen LogP contribution in [0.2, 0.25) is 5.15 Å². The van der Waals surface area contributed by atoms with Crippen molar-refractivity contribution >= 4 is 28.3 Å². The Morgan fingerprint density at radius 1 is 1.53 bits per heavy atom. The van der Waals surface area contributed by atoms with Crippen molar-refractivity contribution < 1.29 is 8.78 Å². The molecule has 98 valence electrons. The van der Waals surface area contributed by atoms with Gasteiger partial charge in [-0.1, -0.05) is 11.6 Å². The summed E-state index contributed by atoms with van der Waals surface area (Å²) in [7, 11) is 0. The Bertz CT molecular complexity index is 690. The predicted molar refractivity (Wildman–Crippen MR) is 65.4 cm³/mol. The normalized spacial score (nSPS) is 17.9. The van der Waals surface area contributed by atoms with Gasteiger partial charge in [-0.15, -0.1) is 0 Å². The lowest BCUT2D eigenvalue weighted by Gasteiger charge is -2.20. The minimum Gasteiger partial charge on any atom is -0.363 e. The first kappa shape index (κ1) is 12.1. The van der Waals surface area contributed by atoms with Crippen molar-refractivity contribution in [3.8, 4) is 6.07 Å². The molecule has 0 bridgehead atoms. The van der Waals surface area contributed by atoms with E-state index in [2.05, 4.69) is 15.2 Å². The molecule has 1 fully saturated rings. The summed E-state index contributed by atoms with van der Waals surface area (Å²) in [4.78, 5) is 5.45. The molecule has 1 saturated heterocycles. The molecular weight excluding hydrogens is 276 g/mol. The van der Waals surface area contributed by atoms with Crippen molar-refractivity contribution in [2.24, 2.45) is 0 Å². The first-order valence-electron chi connectivity index (χ1n) is 5.57. The molecule has 2 aromatic rings. The molecule has 1 aliphatic rings. The number of rotatable bonds is 1. The third-order valence-electron chi connectivity index (χ3n) is 3.13. The molecule has 0 aliphatic carbocycles.